The fourth-order valence-electron chi connectivity index (χ4n) is 1.76. The largest absolute Gasteiger partial charge is 0.476 e. The predicted molar refractivity (Wildman–Crippen MR) is 66.8 cm³/mol. The third-order valence-electron chi connectivity index (χ3n) is 2.54. The minimum atomic E-state index is -1.09. The molecule has 2 N–H and O–H groups in total. The summed E-state index contributed by atoms with van der Waals surface area (Å²) in [6, 6.07) is 0. The van der Waals surface area contributed by atoms with E-state index in [1.807, 2.05) is 20.8 Å². The number of hydrogen-bond acceptors (Lipinski definition) is 5. The molecule has 0 radical (unpaired) electrons. The second kappa shape index (κ2) is 3.94. The van der Waals surface area contributed by atoms with Gasteiger partial charge in [-0.05, 0) is 20.8 Å². The Morgan fingerprint density at radius 3 is 2.56 bits per heavy atom. The maximum Gasteiger partial charge on any atom is 0.357 e. The Hall–Kier alpha value is -2.18. The molecule has 2 aromatic rings. The summed E-state index contributed by atoms with van der Waals surface area (Å²) in [7, 11) is 1.68. The zero-order chi connectivity index (χ0) is 13.5. The van der Waals surface area contributed by atoms with Gasteiger partial charge in [-0.2, -0.15) is 5.10 Å². The summed E-state index contributed by atoms with van der Waals surface area (Å²) in [5.74, 6) is -0.623. The lowest BCUT2D eigenvalue weighted by atomic mass is 10.1. The van der Waals surface area contributed by atoms with Crippen LogP contribution in [-0.2, 0) is 5.54 Å². The third-order valence-corrected chi connectivity index (χ3v) is 2.54. The lowest BCUT2D eigenvalue weighted by Gasteiger charge is -2.19. The number of hydrogen-bond donors (Lipinski definition) is 2. The van der Waals surface area contributed by atoms with Gasteiger partial charge in [0.15, 0.2) is 11.3 Å². The summed E-state index contributed by atoms with van der Waals surface area (Å²) in [5.41, 5.74) is 0.120. The molecule has 2 heterocycles. The Labute approximate surface area is 104 Å². The van der Waals surface area contributed by atoms with E-state index in [1.54, 1.807) is 11.7 Å². The highest BCUT2D eigenvalue weighted by molar-refractivity contribution is 6.04. The molecule has 0 unspecified atom stereocenters. The fraction of sp³-hybridized carbons (Fsp3) is 0.455. The van der Waals surface area contributed by atoms with E-state index in [0.717, 1.165) is 0 Å². The molecule has 96 valence electrons. The average Bonchev–Trinajstić information content (AvgIpc) is 2.67. The zero-order valence-electron chi connectivity index (χ0n) is 10.7. The first kappa shape index (κ1) is 12.3. The highest BCUT2D eigenvalue weighted by Crippen LogP contribution is 2.27. The lowest BCUT2D eigenvalue weighted by molar-refractivity contribution is 0.0690. The van der Waals surface area contributed by atoms with E-state index in [9.17, 15) is 9.90 Å². The van der Waals surface area contributed by atoms with Crippen molar-refractivity contribution >= 4 is 22.8 Å². The average molecular weight is 249 g/mol. The number of carbonyl (C=O) groups is 1. The monoisotopic (exact) mass is 249 g/mol. The molecule has 0 amide bonds. The fourth-order valence-corrected chi connectivity index (χ4v) is 1.76. The summed E-state index contributed by atoms with van der Waals surface area (Å²) < 4.78 is 1.61. The maximum atomic E-state index is 11.3. The Balaban J connectivity index is 2.89. The highest BCUT2D eigenvalue weighted by Gasteiger charge is 2.26. The molecule has 2 aromatic heterocycles. The maximum absolute atomic E-state index is 11.3. The van der Waals surface area contributed by atoms with E-state index in [0.29, 0.717) is 16.9 Å². The van der Waals surface area contributed by atoms with E-state index in [4.69, 9.17) is 0 Å². The molecule has 0 saturated heterocycles. The van der Waals surface area contributed by atoms with Gasteiger partial charge in [0, 0.05) is 7.05 Å². The summed E-state index contributed by atoms with van der Waals surface area (Å²) >= 11 is 0. The summed E-state index contributed by atoms with van der Waals surface area (Å²) in [5, 5.41) is 16.7. The molecule has 0 spiro atoms. The van der Waals surface area contributed by atoms with Crippen LogP contribution in [0.15, 0.2) is 6.33 Å². The first-order chi connectivity index (χ1) is 8.36. The number of nitrogens with zero attached hydrogens (tertiary/aromatic N) is 4. The normalized spacial score (nSPS) is 11.8. The molecular weight excluding hydrogens is 234 g/mol. The first-order valence-corrected chi connectivity index (χ1v) is 5.51. The standard InChI is InChI=1S/C11H15N5O2/c1-11(2,3)16-9-6(7(15-16)10(17)18)8(12-4)13-5-14-9/h5H,1-4H3,(H,17,18)(H,12,13,14). The van der Waals surface area contributed by atoms with Crippen LogP contribution >= 0.6 is 0 Å². The second-order valence-corrected chi connectivity index (χ2v) is 4.91. The summed E-state index contributed by atoms with van der Waals surface area (Å²) in [6.45, 7) is 5.81. The van der Waals surface area contributed by atoms with E-state index in [1.165, 1.54) is 6.33 Å². The number of rotatable bonds is 2. The van der Waals surface area contributed by atoms with Crippen molar-refractivity contribution in [1.82, 2.24) is 19.7 Å². The van der Waals surface area contributed by atoms with E-state index < -0.39 is 5.97 Å². The van der Waals surface area contributed by atoms with Gasteiger partial charge in [-0.3, -0.25) is 0 Å². The number of fused-ring (bicyclic) bond motifs is 1. The van der Waals surface area contributed by atoms with Crippen molar-refractivity contribution in [2.75, 3.05) is 12.4 Å². The van der Waals surface area contributed by atoms with Gasteiger partial charge < -0.3 is 10.4 Å². The molecular formula is C11H15N5O2. The van der Waals surface area contributed by atoms with Crippen LogP contribution in [0, 0.1) is 0 Å². The molecule has 0 bridgehead atoms. The van der Waals surface area contributed by atoms with Gasteiger partial charge in [0.1, 0.15) is 12.1 Å². The Morgan fingerprint density at radius 2 is 2.06 bits per heavy atom. The molecule has 0 atom stereocenters. The van der Waals surface area contributed by atoms with Crippen LogP contribution in [0.1, 0.15) is 31.3 Å². The Kier molecular flexibility index (Phi) is 2.68. The summed E-state index contributed by atoms with van der Waals surface area (Å²) in [4.78, 5) is 19.4. The van der Waals surface area contributed by atoms with Gasteiger partial charge >= 0.3 is 5.97 Å². The van der Waals surface area contributed by atoms with Crippen LogP contribution in [0.5, 0.6) is 0 Å². The number of aromatic carboxylic acids is 1. The zero-order valence-corrected chi connectivity index (χ0v) is 10.7. The highest BCUT2D eigenvalue weighted by atomic mass is 16.4. The topological polar surface area (TPSA) is 92.9 Å². The van der Waals surface area contributed by atoms with Crippen LogP contribution in [0.25, 0.3) is 11.0 Å². The lowest BCUT2D eigenvalue weighted by Crippen LogP contribution is -2.23. The van der Waals surface area contributed by atoms with Gasteiger partial charge in [-0.25, -0.2) is 19.4 Å². The Bertz CT molecular complexity index is 612. The first-order valence-electron chi connectivity index (χ1n) is 5.51. The van der Waals surface area contributed by atoms with Gasteiger partial charge in [0.05, 0.1) is 10.9 Å². The SMILES string of the molecule is CNc1ncnc2c1c(C(=O)O)nn2C(C)(C)C. The Morgan fingerprint density at radius 1 is 1.39 bits per heavy atom. The smallest absolute Gasteiger partial charge is 0.357 e. The van der Waals surface area contributed by atoms with Crippen LogP contribution in [0.3, 0.4) is 0 Å². The molecule has 0 saturated carbocycles. The van der Waals surface area contributed by atoms with Crippen LogP contribution < -0.4 is 5.32 Å². The minimum Gasteiger partial charge on any atom is -0.476 e. The predicted octanol–water partition coefficient (Wildman–Crippen LogP) is 1.32. The van der Waals surface area contributed by atoms with Crippen molar-refractivity contribution in [2.45, 2.75) is 26.3 Å². The van der Waals surface area contributed by atoms with Crippen LogP contribution in [0.4, 0.5) is 5.82 Å². The minimum absolute atomic E-state index is 0.0372. The summed E-state index contributed by atoms with van der Waals surface area (Å²) in [6.07, 6.45) is 1.39. The van der Waals surface area contributed by atoms with Gasteiger partial charge in [0.25, 0.3) is 0 Å². The quantitative estimate of drug-likeness (QED) is 0.833. The van der Waals surface area contributed by atoms with Gasteiger partial charge in [0.2, 0.25) is 0 Å². The molecule has 0 aliphatic carbocycles. The second-order valence-electron chi connectivity index (χ2n) is 4.91. The van der Waals surface area contributed by atoms with E-state index >= 15 is 0 Å². The number of aromatic nitrogens is 4. The van der Waals surface area contributed by atoms with Crippen molar-refractivity contribution in [3.63, 3.8) is 0 Å². The molecule has 7 heteroatoms. The number of carboxylic acids is 1. The van der Waals surface area contributed by atoms with Gasteiger partial charge in [-0.15, -0.1) is 0 Å². The van der Waals surface area contributed by atoms with Gasteiger partial charge in [-0.1, -0.05) is 0 Å². The van der Waals surface area contributed by atoms with E-state index in [2.05, 4.69) is 20.4 Å². The van der Waals surface area contributed by atoms with Crippen molar-refractivity contribution in [3.05, 3.63) is 12.0 Å². The number of nitrogens with one attached hydrogen (secondary N) is 1. The van der Waals surface area contributed by atoms with Crippen molar-refractivity contribution in [3.8, 4) is 0 Å². The van der Waals surface area contributed by atoms with Crippen LogP contribution in [-0.4, -0.2) is 37.9 Å². The molecule has 0 aliphatic heterocycles. The van der Waals surface area contributed by atoms with Crippen molar-refractivity contribution in [2.24, 2.45) is 0 Å². The number of carboxylic acid groups (broad SMARTS) is 1. The molecule has 0 aromatic carbocycles. The number of anilines is 1. The van der Waals surface area contributed by atoms with E-state index in [-0.39, 0.29) is 11.2 Å². The molecule has 2 rings (SSSR count). The van der Waals surface area contributed by atoms with Crippen molar-refractivity contribution < 1.29 is 9.90 Å². The molecule has 0 aliphatic rings. The molecule has 18 heavy (non-hydrogen) atoms. The van der Waals surface area contributed by atoms with Crippen LogP contribution in [0.2, 0.25) is 0 Å². The molecule has 0 fully saturated rings. The molecule has 7 nitrogen and oxygen atoms in total. The van der Waals surface area contributed by atoms with Crippen molar-refractivity contribution in [1.29, 1.82) is 0 Å². The third kappa shape index (κ3) is 1.77.